The topological polar surface area (TPSA) is 57.8 Å². The number of carboxylic acid groups (broad SMARTS) is 1. The summed E-state index contributed by atoms with van der Waals surface area (Å²) in [5.74, 6) is 0.281. The molecule has 0 aliphatic carbocycles. The van der Waals surface area contributed by atoms with Gasteiger partial charge >= 0.3 is 5.97 Å². The summed E-state index contributed by atoms with van der Waals surface area (Å²) in [6, 6.07) is 4.48. The summed E-state index contributed by atoms with van der Waals surface area (Å²) in [5.41, 5.74) is 1.93. The fraction of sp³-hybridized carbons (Fsp3) is 0.529. The molecule has 5 nitrogen and oxygen atoms in total. The van der Waals surface area contributed by atoms with Crippen LogP contribution in [-0.4, -0.2) is 44.5 Å². The van der Waals surface area contributed by atoms with E-state index in [1.807, 2.05) is 29.7 Å². The smallest absolute Gasteiger partial charge is 0.356 e. The average molecular weight is 301 g/mol. The molecule has 1 aliphatic rings. The molecule has 0 unspecified atom stereocenters. The van der Waals surface area contributed by atoms with Gasteiger partial charge in [-0.2, -0.15) is 0 Å². The average Bonchev–Trinajstić information content (AvgIpc) is 2.86. The summed E-state index contributed by atoms with van der Waals surface area (Å²) in [6.07, 6.45) is 4.02. The molecule has 22 heavy (non-hydrogen) atoms. The first-order valence-corrected chi connectivity index (χ1v) is 7.93. The van der Waals surface area contributed by atoms with Crippen molar-refractivity contribution in [1.29, 1.82) is 0 Å². The molecule has 0 spiro atoms. The summed E-state index contributed by atoms with van der Waals surface area (Å²) in [4.78, 5) is 18.4. The number of carbonyl (C=O) groups is 1. The molecule has 5 heteroatoms. The highest BCUT2D eigenvalue weighted by molar-refractivity contribution is 5.93. The summed E-state index contributed by atoms with van der Waals surface area (Å²) >= 11 is 0. The number of piperidine rings is 1. The minimum Gasteiger partial charge on any atom is -0.476 e. The van der Waals surface area contributed by atoms with E-state index in [4.69, 9.17) is 0 Å². The van der Waals surface area contributed by atoms with Crippen LogP contribution in [0.1, 0.15) is 54.5 Å². The zero-order chi connectivity index (χ0) is 15.9. The third-order valence-corrected chi connectivity index (χ3v) is 4.65. The maximum Gasteiger partial charge on any atom is 0.356 e. The molecule has 1 saturated heterocycles. The quantitative estimate of drug-likeness (QED) is 0.947. The molecule has 3 rings (SSSR count). The lowest BCUT2D eigenvalue weighted by Gasteiger charge is -2.34. The van der Waals surface area contributed by atoms with Crippen LogP contribution in [-0.2, 0) is 0 Å². The molecule has 0 bridgehead atoms. The Kier molecular flexibility index (Phi) is 3.91. The first-order chi connectivity index (χ1) is 10.5. The van der Waals surface area contributed by atoms with Gasteiger partial charge in [0.05, 0.1) is 5.52 Å². The van der Waals surface area contributed by atoms with Gasteiger partial charge in [-0.25, -0.2) is 9.78 Å². The first kappa shape index (κ1) is 15.0. The minimum atomic E-state index is -0.950. The molecule has 0 saturated carbocycles. The molecule has 3 heterocycles. The number of rotatable bonds is 3. The van der Waals surface area contributed by atoms with Crippen molar-refractivity contribution in [3.8, 4) is 0 Å². The maximum absolute atomic E-state index is 11.5. The van der Waals surface area contributed by atoms with Crippen molar-refractivity contribution in [2.75, 3.05) is 13.1 Å². The van der Waals surface area contributed by atoms with E-state index in [1.165, 1.54) is 0 Å². The normalized spacial score (nSPS) is 17.5. The Morgan fingerprint density at radius 2 is 2.05 bits per heavy atom. The number of hydrogen-bond donors (Lipinski definition) is 1. The van der Waals surface area contributed by atoms with Crippen LogP contribution in [0, 0.1) is 6.92 Å². The number of pyridine rings is 1. The van der Waals surface area contributed by atoms with E-state index in [1.54, 1.807) is 0 Å². The first-order valence-electron chi connectivity index (χ1n) is 7.93. The van der Waals surface area contributed by atoms with Gasteiger partial charge in [-0.05, 0) is 64.4 Å². The minimum absolute atomic E-state index is 0.171. The van der Waals surface area contributed by atoms with E-state index in [0.717, 1.165) is 37.3 Å². The monoisotopic (exact) mass is 301 g/mol. The van der Waals surface area contributed by atoms with Crippen molar-refractivity contribution < 1.29 is 9.90 Å². The van der Waals surface area contributed by atoms with Crippen molar-refractivity contribution in [3.05, 3.63) is 35.4 Å². The molecule has 1 fully saturated rings. The molecule has 2 aromatic rings. The van der Waals surface area contributed by atoms with Crippen LogP contribution in [0.25, 0.3) is 5.52 Å². The Morgan fingerprint density at radius 3 is 2.64 bits per heavy atom. The second-order valence-electron chi connectivity index (χ2n) is 6.49. The standard InChI is InChI=1S/C17H23N3O2/c1-11(2)19-7-5-13(6-8-19)16-18-15(17(21)22)14-10-12(3)4-9-20(14)16/h4,9-11,13H,5-8H2,1-3H3,(H,21,22). The van der Waals surface area contributed by atoms with Crippen LogP contribution >= 0.6 is 0 Å². The van der Waals surface area contributed by atoms with Crippen molar-refractivity contribution in [1.82, 2.24) is 14.3 Å². The molecule has 1 N–H and O–H groups in total. The lowest BCUT2D eigenvalue weighted by Crippen LogP contribution is -2.38. The number of carboxylic acids is 1. The lowest BCUT2D eigenvalue weighted by atomic mass is 9.95. The zero-order valence-corrected chi connectivity index (χ0v) is 13.4. The van der Waals surface area contributed by atoms with Gasteiger partial charge in [-0.1, -0.05) is 0 Å². The third-order valence-electron chi connectivity index (χ3n) is 4.65. The number of likely N-dealkylation sites (tertiary alicyclic amines) is 1. The molecular formula is C17H23N3O2. The number of aryl methyl sites for hydroxylation is 1. The van der Waals surface area contributed by atoms with Crippen LogP contribution in [0.3, 0.4) is 0 Å². The Morgan fingerprint density at radius 1 is 1.36 bits per heavy atom. The molecule has 0 atom stereocenters. The van der Waals surface area contributed by atoms with Crippen molar-refractivity contribution >= 4 is 11.5 Å². The number of fused-ring (bicyclic) bond motifs is 1. The largest absolute Gasteiger partial charge is 0.476 e. The van der Waals surface area contributed by atoms with Gasteiger partial charge in [-0.3, -0.25) is 0 Å². The van der Waals surface area contributed by atoms with Gasteiger partial charge in [0.15, 0.2) is 5.69 Å². The predicted molar refractivity (Wildman–Crippen MR) is 85.6 cm³/mol. The van der Waals surface area contributed by atoms with Gasteiger partial charge in [0.2, 0.25) is 0 Å². The predicted octanol–water partition coefficient (Wildman–Crippen LogP) is 2.93. The second kappa shape index (κ2) is 5.72. The molecule has 1 aliphatic heterocycles. The van der Waals surface area contributed by atoms with Gasteiger partial charge < -0.3 is 14.4 Å². The highest BCUT2D eigenvalue weighted by Crippen LogP contribution is 2.30. The number of imidazole rings is 1. The zero-order valence-electron chi connectivity index (χ0n) is 13.4. The molecule has 0 aromatic carbocycles. The van der Waals surface area contributed by atoms with Crippen LogP contribution in [0.5, 0.6) is 0 Å². The fourth-order valence-electron chi connectivity index (χ4n) is 3.33. The maximum atomic E-state index is 11.5. The Bertz CT molecular complexity index is 697. The van der Waals surface area contributed by atoms with Crippen molar-refractivity contribution in [2.24, 2.45) is 0 Å². The van der Waals surface area contributed by atoms with Crippen LogP contribution in [0.4, 0.5) is 0 Å². The molecule has 0 amide bonds. The number of nitrogens with zero attached hydrogens (tertiary/aromatic N) is 3. The second-order valence-corrected chi connectivity index (χ2v) is 6.49. The third kappa shape index (κ3) is 2.61. The van der Waals surface area contributed by atoms with E-state index < -0.39 is 5.97 Å². The van der Waals surface area contributed by atoms with Crippen molar-refractivity contribution in [3.63, 3.8) is 0 Å². The van der Waals surface area contributed by atoms with Crippen LogP contribution < -0.4 is 0 Å². The number of aromatic nitrogens is 2. The van der Waals surface area contributed by atoms with Crippen LogP contribution in [0.2, 0.25) is 0 Å². The Labute approximate surface area is 130 Å². The Balaban J connectivity index is 1.96. The summed E-state index contributed by atoms with van der Waals surface area (Å²) in [5, 5.41) is 9.42. The van der Waals surface area contributed by atoms with Gasteiger partial charge in [0, 0.05) is 18.2 Å². The van der Waals surface area contributed by atoms with Crippen molar-refractivity contribution in [2.45, 2.75) is 45.6 Å². The summed E-state index contributed by atoms with van der Waals surface area (Å²) in [6.45, 7) is 8.50. The van der Waals surface area contributed by atoms with E-state index in [-0.39, 0.29) is 5.69 Å². The highest BCUT2D eigenvalue weighted by atomic mass is 16.4. The van der Waals surface area contributed by atoms with E-state index in [9.17, 15) is 9.90 Å². The molecule has 118 valence electrons. The SMILES string of the molecule is Cc1ccn2c(C3CCN(C(C)C)CC3)nc(C(=O)O)c2c1. The van der Waals surface area contributed by atoms with E-state index >= 15 is 0 Å². The van der Waals surface area contributed by atoms with Gasteiger partial charge in [0.25, 0.3) is 0 Å². The molecule has 2 aromatic heterocycles. The fourth-order valence-corrected chi connectivity index (χ4v) is 3.33. The van der Waals surface area contributed by atoms with Gasteiger partial charge in [0.1, 0.15) is 5.82 Å². The van der Waals surface area contributed by atoms with Gasteiger partial charge in [-0.15, -0.1) is 0 Å². The lowest BCUT2D eigenvalue weighted by molar-refractivity contribution is 0.0693. The highest BCUT2D eigenvalue weighted by Gasteiger charge is 2.27. The Hall–Kier alpha value is -1.88. The van der Waals surface area contributed by atoms with Crippen LogP contribution in [0.15, 0.2) is 18.3 Å². The summed E-state index contributed by atoms with van der Waals surface area (Å²) < 4.78 is 1.96. The molecule has 0 radical (unpaired) electrons. The van der Waals surface area contributed by atoms with E-state index in [2.05, 4.69) is 23.7 Å². The van der Waals surface area contributed by atoms with E-state index in [0.29, 0.717) is 17.5 Å². The summed E-state index contributed by atoms with van der Waals surface area (Å²) in [7, 11) is 0. The number of aromatic carboxylic acids is 1. The molecular weight excluding hydrogens is 278 g/mol. The number of hydrogen-bond acceptors (Lipinski definition) is 3.